The van der Waals surface area contributed by atoms with Gasteiger partial charge in [-0.05, 0) is 24.8 Å². The van der Waals surface area contributed by atoms with Crippen LogP contribution >= 0.6 is 0 Å². The van der Waals surface area contributed by atoms with Gasteiger partial charge in [0.05, 0.1) is 0 Å². The lowest BCUT2D eigenvalue weighted by Gasteiger charge is -1.97. The third kappa shape index (κ3) is 4.53. The molecule has 1 aromatic rings. The van der Waals surface area contributed by atoms with Crippen molar-refractivity contribution in [1.82, 2.24) is 0 Å². The molecule has 1 aromatic carbocycles. The second kappa shape index (κ2) is 6.50. The van der Waals surface area contributed by atoms with Crippen molar-refractivity contribution in [2.24, 2.45) is 0 Å². The SMILES string of the molecule is OB/C=C/CCCc1ccccc1. The van der Waals surface area contributed by atoms with Gasteiger partial charge in [-0.1, -0.05) is 42.4 Å². The largest absolute Gasteiger partial charge is 0.450 e. The van der Waals surface area contributed by atoms with E-state index < -0.39 is 0 Å². The van der Waals surface area contributed by atoms with Gasteiger partial charge in [-0.25, -0.2) is 0 Å². The number of rotatable bonds is 5. The van der Waals surface area contributed by atoms with Crippen LogP contribution in [-0.2, 0) is 6.42 Å². The number of benzene rings is 1. The number of aryl methyl sites for hydroxylation is 1. The molecule has 0 bridgehead atoms. The van der Waals surface area contributed by atoms with Crippen LogP contribution in [0.25, 0.3) is 0 Å². The molecule has 0 heterocycles. The average Bonchev–Trinajstić information content (AvgIpc) is 2.19. The van der Waals surface area contributed by atoms with Crippen molar-refractivity contribution in [3.63, 3.8) is 0 Å². The fourth-order valence-corrected chi connectivity index (χ4v) is 1.26. The molecule has 0 radical (unpaired) electrons. The number of unbranched alkanes of at least 4 members (excludes halogenated alkanes) is 1. The smallest absolute Gasteiger partial charge is 0.297 e. The van der Waals surface area contributed by atoms with Gasteiger partial charge >= 0.3 is 0 Å². The van der Waals surface area contributed by atoms with Crippen LogP contribution in [0.15, 0.2) is 42.4 Å². The molecule has 0 amide bonds. The lowest BCUT2D eigenvalue weighted by atomic mass is 10.0. The summed E-state index contributed by atoms with van der Waals surface area (Å²) in [5, 5.41) is 8.50. The zero-order valence-electron chi connectivity index (χ0n) is 7.82. The molecule has 1 rings (SSSR count). The van der Waals surface area contributed by atoms with E-state index in [2.05, 4.69) is 24.3 Å². The van der Waals surface area contributed by atoms with Gasteiger partial charge < -0.3 is 5.02 Å². The maximum atomic E-state index is 8.50. The van der Waals surface area contributed by atoms with Crippen molar-refractivity contribution in [1.29, 1.82) is 0 Å². The Morgan fingerprint density at radius 2 is 2.00 bits per heavy atom. The highest BCUT2D eigenvalue weighted by Gasteiger charge is 1.89. The van der Waals surface area contributed by atoms with E-state index in [1.165, 1.54) is 5.56 Å². The topological polar surface area (TPSA) is 20.2 Å². The first kappa shape index (κ1) is 10.1. The van der Waals surface area contributed by atoms with E-state index in [-0.39, 0.29) is 7.48 Å². The Hall–Kier alpha value is -1.02. The summed E-state index contributed by atoms with van der Waals surface area (Å²) >= 11 is 0. The standard InChI is InChI=1S/C11H15BO/c13-12-10-6-2-5-9-11-7-3-1-4-8-11/h1,3-4,6-8,10,12-13H,2,5,9H2/b10-6+. The Kier molecular flexibility index (Phi) is 5.03. The Bertz CT molecular complexity index is 244. The van der Waals surface area contributed by atoms with Crippen LogP contribution < -0.4 is 0 Å². The van der Waals surface area contributed by atoms with E-state index in [1.807, 2.05) is 12.1 Å². The van der Waals surface area contributed by atoms with E-state index in [0.29, 0.717) is 0 Å². The lowest BCUT2D eigenvalue weighted by Crippen LogP contribution is -1.84. The Balaban J connectivity index is 2.17. The van der Waals surface area contributed by atoms with Crippen molar-refractivity contribution < 1.29 is 5.02 Å². The molecule has 0 spiro atoms. The van der Waals surface area contributed by atoms with Crippen molar-refractivity contribution in [2.45, 2.75) is 19.3 Å². The van der Waals surface area contributed by atoms with Crippen LogP contribution in [0, 0.1) is 0 Å². The molecule has 0 aliphatic heterocycles. The van der Waals surface area contributed by atoms with Crippen LogP contribution in [0.3, 0.4) is 0 Å². The molecular weight excluding hydrogens is 159 g/mol. The summed E-state index contributed by atoms with van der Waals surface area (Å²) in [5.74, 6) is 1.80. The van der Waals surface area contributed by atoms with E-state index in [4.69, 9.17) is 5.02 Å². The molecule has 0 aromatic heterocycles. The molecule has 0 atom stereocenters. The summed E-state index contributed by atoms with van der Waals surface area (Å²) in [6, 6.07) is 10.5. The molecule has 68 valence electrons. The third-order valence-electron chi connectivity index (χ3n) is 1.95. The molecule has 13 heavy (non-hydrogen) atoms. The van der Waals surface area contributed by atoms with Crippen LogP contribution in [0.4, 0.5) is 0 Å². The van der Waals surface area contributed by atoms with E-state index >= 15 is 0 Å². The third-order valence-corrected chi connectivity index (χ3v) is 1.95. The zero-order valence-corrected chi connectivity index (χ0v) is 7.82. The fraction of sp³-hybridized carbons (Fsp3) is 0.273. The maximum absolute atomic E-state index is 8.50. The summed E-state index contributed by atoms with van der Waals surface area (Å²) < 4.78 is 0. The molecule has 0 fully saturated rings. The molecule has 0 unspecified atom stereocenters. The second-order valence-electron chi connectivity index (χ2n) is 3.03. The van der Waals surface area contributed by atoms with Crippen LogP contribution in [0.2, 0.25) is 0 Å². The second-order valence-corrected chi connectivity index (χ2v) is 3.03. The highest BCUT2D eigenvalue weighted by Crippen LogP contribution is 2.04. The van der Waals surface area contributed by atoms with E-state index in [1.54, 1.807) is 5.98 Å². The molecule has 1 N–H and O–H groups in total. The van der Waals surface area contributed by atoms with Crippen molar-refractivity contribution in [3.05, 3.63) is 47.9 Å². The highest BCUT2D eigenvalue weighted by molar-refractivity contribution is 6.32. The first-order chi connectivity index (χ1) is 6.43. The summed E-state index contributed by atoms with van der Waals surface area (Å²) in [4.78, 5) is 0. The van der Waals surface area contributed by atoms with Crippen LogP contribution in [0.1, 0.15) is 18.4 Å². The minimum absolute atomic E-state index is 0.158. The number of hydrogen-bond acceptors (Lipinski definition) is 1. The zero-order chi connectivity index (χ0) is 9.36. The Morgan fingerprint density at radius 1 is 1.23 bits per heavy atom. The quantitative estimate of drug-likeness (QED) is 0.533. The molecule has 0 saturated heterocycles. The van der Waals surface area contributed by atoms with Gasteiger partial charge in [0.15, 0.2) is 0 Å². The maximum Gasteiger partial charge on any atom is 0.297 e. The van der Waals surface area contributed by atoms with Crippen LogP contribution in [-0.4, -0.2) is 12.5 Å². The van der Waals surface area contributed by atoms with Gasteiger partial charge in [-0.2, -0.15) is 0 Å². The average molecular weight is 174 g/mol. The summed E-state index contributed by atoms with van der Waals surface area (Å²) in [6.45, 7) is 0. The van der Waals surface area contributed by atoms with Crippen LogP contribution in [0.5, 0.6) is 0 Å². The Labute approximate surface area is 80.4 Å². The molecular formula is C11H15BO. The molecule has 0 aliphatic carbocycles. The first-order valence-electron chi connectivity index (χ1n) is 4.73. The van der Waals surface area contributed by atoms with Gasteiger partial charge in [0.1, 0.15) is 0 Å². The van der Waals surface area contributed by atoms with Crippen molar-refractivity contribution in [3.8, 4) is 0 Å². The monoisotopic (exact) mass is 174 g/mol. The van der Waals surface area contributed by atoms with Crippen molar-refractivity contribution >= 4 is 7.48 Å². The summed E-state index contributed by atoms with van der Waals surface area (Å²) in [7, 11) is 0.158. The predicted molar refractivity (Wildman–Crippen MR) is 57.9 cm³/mol. The van der Waals surface area contributed by atoms with Gasteiger partial charge in [0.25, 0.3) is 7.48 Å². The number of allylic oxidation sites excluding steroid dienone is 1. The lowest BCUT2D eigenvalue weighted by molar-refractivity contribution is 0.614. The molecule has 0 aliphatic rings. The van der Waals surface area contributed by atoms with Gasteiger partial charge in [0, 0.05) is 0 Å². The minimum atomic E-state index is 0.158. The van der Waals surface area contributed by atoms with Gasteiger partial charge in [-0.3, -0.25) is 0 Å². The summed E-state index contributed by atoms with van der Waals surface area (Å²) in [5.41, 5.74) is 1.39. The highest BCUT2D eigenvalue weighted by atomic mass is 16.2. The molecule has 0 saturated carbocycles. The van der Waals surface area contributed by atoms with Gasteiger partial charge in [-0.15, -0.1) is 0 Å². The predicted octanol–water partition coefficient (Wildman–Crippen LogP) is 1.87. The first-order valence-corrected chi connectivity index (χ1v) is 4.73. The molecule has 1 nitrogen and oxygen atoms in total. The minimum Gasteiger partial charge on any atom is -0.450 e. The Morgan fingerprint density at radius 3 is 2.69 bits per heavy atom. The number of hydrogen-bond donors (Lipinski definition) is 1. The molecule has 2 heteroatoms. The van der Waals surface area contributed by atoms with Gasteiger partial charge in [0.2, 0.25) is 0 Å². The fourth-order valence-electron chi connectivity index (χ4n) is 1.26. The summed E-state index contributed by atoms with van der Waals surface area (Å²) in [6.07, 6.45) is 5.36. The van der Waals surface area contributed by atoms with Crippen molar-refractivity contribution in [2.75, 3.05) is 0 Å². The normalized spacial score (nSPS) is 10.5. The van der Waals surface area contributed by atoms with E-state index in [9.17, 15) is 0 Å². The van der Waals surface area contributed by atoms with E-state index in [0.717, 1.165) is 19.3 Å².